The normalized spacial score (nSPS) is 33.6. The Hall–Kier alpha value is -0.690. The highest BCUT2D eigenvalue weighted by Gasteiger charge is 2.44. The fraction of sp³-hybridized carbons (Fsp3) is 0.947. The number of amides is 1. The number of morpholine rings is 1. The Morgan fingerprint density at radius 3 is 2.52 bits per heavy atom. The molecule has 0 spiro atoms. The summed E-state index contributed by atoms with van der Waals surface area (Å²) in [7, 11) is 0. The van der Waals surface area contributed by atoms with Crippen molar-refractivity contribution >= 4 is 5.91 Å². The fourth-order valence-corrected chi connectivity index (χ4v) is 5.02. The molecule has 0 aromatic rings. The molecule has 0 aromatic carbocycles. The zero-order valence-corrected chi connectivity index (χ0v) is 15.4. The van der Waals surface area contributed by atoms with Crippen LogP contribution in [-0.4, -0.2) is 96.4 Å². The molecule has 1 aliphatic carbocycles. The molecule has 3 heterocycles. The summed E-state index contributed by atoms with van der Waals surface area (Å²) in [5.74, 6) is 0.428. The number of rotatable bonds is 4. The maximum absolute atomic E-state index is 12.8. The van der Waals surface area contributed by atoms with Crippen molar-refractivity contribution < 1.29 is 14.6 Å². The molecule has 4 fully saturated rings. The summed E-state index contributed by atoms with van der Waals surface area (Å²) in [6, 6.07) is 0.717. The molecule has 3 aliphatic heterocycles. The van der Waals surface area contributed by atoms with Gasteiger partial charge in [0, 0.05) is 45.3 Å². The van der Waals surface area contributed by atoms with E-state index < -0.39 is 5.60 Å². The second-order valence-corrected chi connectivity index (χ2v) is 8.57. The number of carbonyl (C=O) groups is 1. The minimum atomic E-state index is -0.736. The van der Waals surface area contributed by atoms with E-state index in [1.54, 1.807) is 0 Å². The summed E-state index contributed by atoms with van der Waals surface area (Å²) in [5.41, 5.74) is -0.736. The largest absolute Gasteiger partial charge is 0.387 e. The van der Waals surface area contributed by atoms with Crippen LogP contribution in [0.1, 0.15) is 38.5 Å². The van der Waals surface area contributed by atoms with Gasteiger partial charge in [-0.1, -0.05) is 19.3 Å². The van der Waals surface area contributed by atoms with E-state index in [1.807, 2.05) is 4.90 Å². The Kier molecular flexibility index (Phi) is 5.32. The predicted molar refractivity (Wildman–Crippen MR) is 95.3 cm³/mol. The van der Waals surface area contributed by atoms with Crippen LogP contribution in [0.2, 0.25) is 0 Å². The van der Waals surface area contributed by atoms with Crippen LogP contribution in [0, 0.1) is 5.92 Å². The molecule has 0 bridgehead atoms. The van der Waals surface area contributed by atoms with Gasteiger partial charge < -0.3 is 14.7 Å². The van der Waals surface area contributed by atoms with E-state index in [0.717, 1.165) is 45.4 Å². The standard InChI is InChI=1S/C19H33N3O3/c23-18(16-12-22(13-16)17-4-2-1-3-5-17)21-7-6-19(24,15-21)14-20-8-10-25-11-9-20/h16-17,24H,1-15H2. The van der Waals surface area contributed by atoms with E-state index in [-0.39, 0.29) is 11.8 Å². The van der Waals surface area contributed by atoms with Crippen LogP contribution in [0.5, 0.6) is 0 Å². The summed E-state index contributed by atoms with van der Waals surface area (Å²) < 4.78 is 5.38. The zero-order chi connectivity index (χ0) is 17.3. The smallest absolute Gasteiger partial charge is 0.228 e. The zero-order valence-electron chi connectivity index (χ0n) is 15.4. The van der Waals surface area contributed by atoms with E-state index >= 15 is 0 Å². The number of ether oxygens (including phenoxy) is 1. The van der Waals surface area contributed by atoms with Crippen molar-refractivity contribution in [3.8, 4) is 0 Å². The summed E-state index contributed by atoms with van der Waals surface area (Å²) in [6.07, 6.45) is 7.40. The number of β-amino-alcohol motifs (C(OH)–C–C–N with tert-alkyl or cyclic N) is 1. The highest BCUT2D eigenvalue weighted by molar-refractivity contribution is 5.80. The van der Waals surface area contributed by atoms with E-state index in [4.69, 9.17) is 4.74 Å². The van der Waals surface area contributed by atoms with Gasteiger partial charge in [-0.3, -0.25) is 14.6 Å². The molecule has 1 N–H and O–H groups in total. The molecule has 3 saturated heterocycles. The van der Waals surface area contributed by atoms with Crippen molar-refractivity contribution in [2.24, 2.45) is 5.92 Å². The SMILES string of the molecule is O=C(C1CN(C2CCCCC2)C1)N1CCC(O)(CN2CCOCC2)C1. The van der Waals surface area contributed by atoms with Crippen LogP contribution >= 0.6 is 0 Å². The molecule has 1 atom stereocenters. The minimum absolute atomic E-state index is 0.160. The van der Waals surface area contributed by atoms with Gasteiger partial charge in [-0.05, 0) is 19.3 Å². The van der Waals surface area contributed by atoms with E-state index in [1.165, 1.54) is 32.1 Å². The Labute approximate surface area is 151 Å². The molecule has 6 heteroatoms. The van der Waals surface area contributed by atoms with Crippen LogP contribution in [0.4, 0.5) is 0 Å². The molecule has 6 nitrogen and oxygen atoms in total. The van der Waals surface area contributed by atoms with Crippen LogP contribution in [-0.2, 0) is 9.53 Å². The van der Waals surface area contributed by atoms with E-state index in [2.05, 4.69) is 9.80 Å². The third-order valence-corrected chi connectivity index (χ3v) is 6.62. The average molecular weight is 351 g/mol. The Morgan fingerprint density at radius 1 is 1.08 bits per heavy atom. The fourth-order valence-electron chi connectivity index (χ4n) is 5.02. The van der Waals surface area contributed by atoms with Gasteiger partial charge in [-0.2, -0.15) is 0 Å². The number of likely N-dealkylation sites (tertiary alicyclic amines) is 2. The molecule has 25 heavy (non-hydrogen) atoms. The lowest BCUT2D eigenvalue weighted by Gasteiger charge is -2.46. The number of aliphatic hydroxyl groups is 1. The maximum Gasteiger partial charge on any atom is 0.228 e. The van der Waals surface area contributed by atoms with Gasteiger partial charge in [0.1, 0.15) is 0 Å². The van der Waals surface area contributed by atoms with Gasteiger partial charge in [-0.15, -0.1) is 0 Å². The second kappa shape index (κ2) is 7.51. The Morgan fingerprint density at radius 2 is 1.80 bits per heavy atom. The third kappa shape index (κ3) is 4.02. The van der Waals surface area contributed by atoms with Gasteiger partial charge >= 0.3 is 0 Å². The molecule has 4 rings (SSSR count). The van der Waals surface area contributed by atoms with Crippen LogP contribution < -0.4 is 0 Å². The van der Waals surface area contributed by atoms with Gasteiger partial charge in [0.05, 0.1) is 31.3 Å². The lowest BCUT2D eigenvalue weighted by atomic mass is 9.88. The van der Waals surface area contributed by atoms with Gasteiger partial charge in [0.2, 0.25) is 5.91 Å². The van der Waals surface area contributed by atoms with Crippen LogP contribution in [0.25, 0.3) is 0 Å². The molecule has 142 valence electrons. The molecule has 4 aliphatic rings. The van der Waals surface area contributed by atoms with Crippen molar-refractivity contribution in [2.75, 3.05) is 59.0 Å². The highest BCUT2D eigenvalue weighted by atomic mass is 16.5. The lowest BCUT2D eigenvalue weighted by Crippen LogP contribution is -2.58. The van der Waals surface area contributed by atoms with Crippen LogP contribution in [0.3, 0.4) is 0 Å². The maximum atomic E-state index is 12.8. The first-order chi connectivity index (χ1) is 12.1. The summed E-state index contributed by atoms with van der Waals surface area (Å²) in [6.45, 7) is 7.01. The lowest BCUT2D eigenvalue weighted by molar-refractivity contribution is -0.142. The number of nitrogens with zero attached hydrogens (tertiary/aromatic N) is 3. The minimum Gasteiger partial charge on any atom is -0.387 e. The number of carbonyl (C=O) groups excluding carboxylic acids is 1. The highest BCUT2D eigenvalue weighted by Crippen LogP contribution is 2.31. The van der Waals surface area contributed by atoms with Crippen molar-refractivity contribution in [3.63, 3.8) is 0 Å². The van der Waals surface area contributed by atoms with Gasteiger partial charge in [0.25, 0.3) is 0 Å². The molecule has 1 unspecified atom stereocenters. The van der Waals surface area contributed by atoms with Crippen molar-refractivity contribution in [1.82, 2.24) is 14.7 Å². The van der Waals surface area contributed by atoms with Crippen molar-refractivity contribution in [2.45, 2.75) is 50.2 Å². The summed E-state index contributed by atoms with van der Waals surface area (Å²) in [5, 5.41) is 10.9. The molecular weight excluding hydrogens is 318 g/mol. The Bertz CT molecular complexity index is 471. The first-order valence-electron chi connectivity index (χ1n) is 10.2. The molecular formula is C19H33N3O3. The quantitative estimate of drug-likeness (QED) is 0.802. The van der Waals surface area contributed by atoms with Crippen molar-refractivity contribution in [1.29, 1.82) is 0 Å². The molecule has 1 amide bonds. The van der Waals surface area contributed by atoms with Gasteiger partial charge in [0.15, 0.2) is 0 Å². The predicted octanol–water partition coefficient (Wildman–Crippen LogP) is 0.547. The first kappa shape index (κ1) is 17.7. The molecule has 0 aromatic heterocycles. The second-order valence-electron chi connectivity index (χ2n) is 8.57. The number of hydrogen-bond acceptors (Lipinski definition) is 5. The van der Waals surface area contributed by atoms with Crippen LogP contribution in [0.15, 0.2) is 0 Å². The third-order valence-electron chi connectivity index (χ3n) is 6.62. The van der Waals surface area contributed by atoms with E-state index in [9.17, 15) is 9.90 Å². The first-order valence-corrected chi connectivity index (χ1v) is 10.2. The molecule has 1 saturated carbocycles. The van der Waals surface area contributed by atoms with Crippen molar-refractivity contribution in [3.05, 3.63) is 0 Å². The average Bonchev–Trinajstić information content (AvgIpc) is 2.97. The summed E-state index contributed by atoms with van der Waals surface area (Å²) >= 11 is 0. The topological polar surface area (TPSA) is 56.2 Å². The van der Waals surface area contributed by atoms with E-state index in [0.29, 0.717) is 26.1 Å². The Balaban J connectivity index is 1.23. The molecule has 0 radical (unpaired) electrons. The monoisotopic (exact) mass is 351 g/mol. The van der Waals surface area contributed by atoms with Gasteiger partial charge in [-0.25, -0.2) is 0 Å². The number of hydrogen-bond donors (Lipinski definition) is 1. The summed E-state index contributed by atoms with van der Waals surface area (Å²) in [4.78, 5) is 19.5.